The fourth-order valence-corrected chi connectivity index (χ4v) is 5.36. The highest BCUT2D eigenvalue weighted by Crippen LogP contribution is 2.26. The summed E-state index contributed by atoms with van der Waals surface area (Å²) in [6.45, 7) is 1.13. The van der Waals surface area contributed by atoms with E-state index in [1.54, 1.807) is 35.2 Å². The molecule has 3 rings (SSSR count). The van der Waals surface area contributed by atoms with Crippen LogP contribution in [-0.2, 0) is 21.4 Å². The minimum atomic E-state index is -3.89. The maximum Gasteiger partial charge on any atom is 0.243 e. The number of hydrogen-bond donors (Lipinski definition) is 0. The van der Waals surface area contributed by atoms with Crippen LogP contribution in [-0.4, -0.2) is 43.2 Å². The molecular weight excluding hydrogens is 511 g/mol. The SMILES string of the molecule is O=C(CN(Cc1ccc(Cl)c(Cl)c1)S(=O)(=O)c1ccc(Br)cc1)N1CCCCCC1. The van der Waals surface area contributed by atoms with Gasteiger partial charge in [-0.3, -0.25) is 4.79 Å². The van der Waals surface area contributed by atoms with Crippen molar-refractivity contribution in [2.75, 3.05) is 19.6 Å². The van der Waals surface area contributed by atoms with E-state index in [-0.39, 0.29) is 23.9 Å². The van der Waals surface area contributed by atoms with Gasteiger partial charge in [-0.25, -0.2) is 8.42 Å². The molecule has 1 fully saturated rings. The summed E-state index contributed by atoms with van der Waals surface area (Å²) in [5.41, 5.74) is 0.661. The number of carbonyl (C=O) groups excluding carboxylic acids is 1. The topological polar surface area (TPSA) is 57.7 Å². The van der Waals surface area contributed by atoms with Crippen LogP contribution in [0.5, 0.6) is 0 Å². The van der Waals surface area contributed by atoms with Gasteiger partial charge in [0.25, 0.3) is 0 Å². The third-order valence-electron chi connectivity index (χ3n) is 5.06. The lowest BCUT2D eigenvalue weighted by atomic mass is 10.2. The highest BCUT2D eigenvalue weighted by atomic mass is 79.9. The summed E-state index contributed by atoms with van der Waals surface area (Å²) in [6.07, 6.45) is 4.07. The van der Waals surface area contributed by atoms with Crippen molar-refractivity contribution in [1.82, 2.24) is 9.21 Å². The van der Waals surface area contributed by atoms with E-state index in [9.17, 15) is 13.2 Å². The molecule has 162 valence electrons. The van der Waals surface area contributed by atoms with Crippen LogP contribution in [0.25, 0.3) is 0 Å². The Labute approximate surface area is 196 Å². The van der Waals surface area contributed by atoms with Crippen molar-refractivity contribution in [1.29, 1.82) is 0 Å². The molecule has 0 aliphatic carbocycles. The Balaban J connectivity index is 1.89. The van der Waals surface area contributed by atoms with Gasteiger partial charge in [0.05, 0.1) is 21.5 Å². The Hall–Kier alpha value is -1.12. The molecule has 0 bridgehead atoms. The first-order valence-electron chi connectivity index (χ1n) is 9.75. The quantitative estimate of drug-likeness (QED) is 0.503. The fourth-order valence-electron chi connectivity index (χ4n) is 3.39. The molecular formula is C21H23BrCl2N2O3S. The maximum absolute atomic E-state index is 13.4. The molecule has 0 spiro atoms. The number of amides is 1. The fraction of sp³-hybridized carbons (Fsp3) is 0.381. The summed E-state index contributed by atoms with van der Waals surface area (Å²) in [5, 5.41) is 0.734. The molecule has 0 radical (unpaired) electrons. The molecule has 2 aromatic carbocycles. The first-order valence-corrected chi connectivity index (χ1v) is 12.7. The predicted octanol–water partition coefficient (Wildman–Crippen LogP) is 5.35. The van der Waals surface area contributed by atoms with Crippen molar-refractivity contribution in [3.8, 4) is 0 Å². The molecule has 1 heterocycles. The molecule has 1 aliphatic heterocycles. The Kier molecular flexibility index (Phi) is 8.21. The van der Waals surface area contributed by atoms with Crippen LogP contribution in [0.15, 0.2) is 51.8 Å². The number of benzene rings is 2. The van der Waals surface area contributed by atoms with Crippen molar-refractivity contribution in [2.45, 2.75) is 37.1 Å². The predicted molar refractivity (Wildman–Crippen MR) is 123 cm³/mol. The lowest BCUT2D eigenvalue weighted by Gasteiger charge is -2.26. The molecule has 1 saturated heterocycles. The molecule has 2 aromatic rings. The third-order valence-corrected chi connectivity index (χ3v) is 8.14. The van der Waals surface area contributed by atoms with E-state index in [1.165, 1.54) is 16.4 Å². The molecule has 1 amide bonds. The molecule has 9 heteroatoms. The summed E-state index contributed by atoms with van der Waals surface area (Å²) in [6, 6.07) is 11.4. The van der Waals surface area contributed by atoms with Crippen LogP contribution in [0.3, 0.4) is 0 Å². The normalized spacial score (nSPS) is 15.3. The molecule has 0 saturated carbocycles. The Morgan fingerprint density at radius 2 is 1.60 bits per heavy atom. The standard InChI is InChI=1S/C21H23BrCl2N2O3S/c22-17-6-8-18(9-7-17)30(28,29)26(14-16-5-10-19(23)20(24)13-16)15-21(27)25-11-3-1-2-4-12-25/h5-10,13H,1-4,11-12,14-15H2. The van der Waals surface area contributed by atoms with Gasteiger partial charge >= 0.3 is 0 Å². The largest absolute Gasteiger partial charge is 0.342 e. The first-order chi connectivity index (χ1) is 14.3. The summed E-state index contributed by atoms with van der Waals surface area (Å²) in [7, 11) is -3.89. The second-order valence-electron chi connectivity index (χ2n) is 7.27. The summed E-state index contributed by atoms with van der Waals surface area (Å²) in [4.78, 5) is 14.9. The van der Waals surface area contributed by atoms with Gasteiger partial charge in [0.15, 0.2) is 0 Å². The van der Waals surface area contributed by atoms with Gasteiger partial charge in [-0.2, -0.15) is 4.31 Å². The third kappa shape index (κ3) is 5.98. The van der Waals surface area contributed by atoms with Crippen molar-refractivity contribution in [3.63, 3.8) is 0 Å². The van der Waals surface area contributed by atoms with Crippen LogP contribution >= 0.6 is 39.1 Å². The van der Waals surface area contributed by atoms with Crippen LogP contribution in [0.1, 0.15) is 31.2 Å². The minimum absolute atomic E-state index is 0.0227. The van der Waals surface area contributed by atoms with Gasteiger partial charge in [-0.15, -0.1) is 0 Å². The van der Waals surface area contributed by atoms with Crippen molar-refractivity contribution < 1.29 is 13.2 Å². The average Bonchev–Trinajstić information content (AvgIpc) is 3.00. The van der Waals surface area contributed by atoms with E-state index in [0.29, 0.717) is 28.7 Å². The lowest BCUT2D eigenvalue weighted by molar-refractivity contribution is -0.131. The number of halogens is 3. The van der Waals surface area contributed by atoms with E-state index in [2.05, 4.69) is 15.9 Å². The monoisotopic (exact) mass is 532 g/mol. The van der Waals surface area contributed by atoms with Gasteiger partial charge in [-0.1, -0.05) is 58.0 Å². The van der Waals surface area contributed by atoms with E-state index < -0.39 is 10.0 Å². The summed E-state index contributed by atoms with van der Waals surface area (Å²) < 4.78 is 28.7. The number of likely N-dealkylation sites (tertiary alicyclic amines) is 1. The second-order valence-corrected chi connectivity index (χ2v) is 10.9. The lowest BCUT2D eigenvalue weighted by Crippen LogP contribution is -2.43. The number of hydrogen-bond acceptors (Lipinski definition) is 3. The number of sulfonamides is 1. The van der Waals surface area contributed by atoms with Crippen LogP contribution in [0, 0.1) is 0 Å². The van der Waals surface area contributed by atoms with Crippen molar-refractivity contribution >= 4 is 55.1 Å². The first kappa shape index (κ1) is 23.5. The highest BCUT2D eigenvalue weighted by molar-refractivity contribution is 9.10. The molecule has 0 atom stereocenters. The van der Waals surface area contributed by atoms with Crippen LogP contribution < -0.4 is 0 Å². The second kappa shape index (κ2) is 10.5. The highest BCUT2D eigenvalue weighted by Gasteiger charge is 2.29. The van der Waals surface area contributed by atoms with E-state index in [1.807, 2.05) is 0 Å². The van der Waals surface area contributed by atoms with Crippen molar-refractivity contribution in [2.24, 2.45) is 0 Å². The smallest absolute Gasteiger partial charge is 0.243 e. The molecule has 30 heavy (non-hydrogen) atoms. The zero-order chi connectivity index (χ0) is 21.7. The average molecular weight is 534 g/mol. The minimum Gasteiger partial charge on any atom is -0.342 e. The maximum atomic E-state index is 13.4. The van der Waals surface area contributed by atoms with Gasteiger partial charge in [-0.05, 0) is 54.8 Å². The molecule has 0 N–H and O–H groups in total. The number of carbonyl (C=O) groups is 1. The number of nitrogens with zero attached hydrogens (tertiary/aromatic N) is 2. The molecule has 1 aliphatic rings. The molecule has 0 unspecified atom stereocenters. The number of rotatable bonds is 6. The van der Waals surface area contributed by atoms with E-state index in [4.69, 9.17) is 23.2 Å². The van der Waals surface area contributed by atoms with Gasteiger partial charge in [0, 0.05) is 24.1 Å². The zero-order valence-electron chi connectivity index (χ0n) is 16.4. The molecule has 5 nitrogen and oxygen atoms in total. The van der Waals surface area contributed by atoms with E-state index >= 15 is 0 Å². The molecule has 0 aromatic heterocycles. The van der Waals surface area contributed by atoms with Gasteiger partial charge in [0.2, 0.25) is 15.9 Å². The summed E-state index contributed by atoms with van der Waals surface area (Å²) >= 11 is 15.4. The Morgan fingerprint density at radius 3 is 2.20 bits per heavy atom. The zero-order valence-corrected chi connectivity index (χ0v) is 20.3. The van der Waals surface area contributed by atoms with Crippen molar-refractivity contribution in [3.05, 3.63) is 62.5 Å². The van der Waals surface area contributed by atoms with Gasteiger partial charge < -0.3 is 4.90 Å². The van der Waals surface area contributed by atoms with Crippen LogP contribution in [0.4, 0.5) is 0 Å². The van der Waals surface area contributed by atoms with E-state index in [0.717, 1.165) is 30.2 Å². The Morgan fingerprint density at radius 1 is 0.967 bits per heavy atom. The Bertz CT molecular complexity index is 992. The summed E-state index contributed by atoms with van der Waals surface area (Å²) in [5.74, 6) is -0.183. The van der Waals surface area contributed by atoms with Crippen LogP contribution in [0.2, 0.25) is 10.0 Å². The van der Waals surface area contributed by atoms with Gasteiger partial charge in [0.1, 0.15) is 0 Å².